The van der Waals surface area contributed by atoms with Crippen molar-refractivity contribution >= 4 is 64.1 Å². The van der Waals surface area contributed by atoms with Crippen molar-refractivity contribution in [3.63, 3.8) is 0 Å². The Morgan fingerprint density at radius 2 is 1.96 bits per heavy atom. The van der Waals surface area contributed by atoms with E-state index in [2.05, 4.69) is 5.32 Å². The van der Waals surface area contributed by atoms with Crippen molar-refractivity contribution in [2.24, 2.45) is 0 Å². The molecule has 122 valence electrons. The predicted molar refractivity (Wildman–Crippen MR) is 96.1 cm³/mol. The lowest BCUT2D eigenvalue weighted by atomic mass is 10.1. The van der Waals surface area contributed by atoms with Crippen molar-refractivity contribution in [2.75, 3.05) is 4.90 Å². The number of rotatable bonds is 2. The number of furan rings is 1. The largest absolute Gasteiger partial charge is 0.462 e. The minimum Gasteiger partial charge on any atom is -0.462 e. The Labute approximate surface area is 152 Å². The third-order valence-electron chi connectivity index (χ3n) is 3.30. The van der Waals surface area contributed by atoms with Crippen molar-refractivity contribution in [2.45, 2.75) is 6.92 Å². The number of carbonyl (C=O) groups excluding carboxylic acids is 2. The molecular weight excluding hydrogens is 371 g/mol. The summed E-state index contributed by atoms with van der Waals surface area (Å²) in [6, 6.07) is 8.02. The van der Waals surface area contributed by atoms with E-state index in [1.807, 2.05) is 0 Å². The smallest absolute Gasteiger partial charge is 0.270 e. The quantitative estimate of drug-likeness (QED) is 0.489. The number of nitrogens with one attached hydrogen (secondary N) is 1. The highest BCUT2D eigenvalue weighted by Crippen LogP contribution is 2.31. The number of amides is 2. The van der Waals surface area contributed by atoms with Crippen molar-refractivity contribution in [1.29, 1.82) is 0 Å². The molecule has 0 unspecified atom stereocenters. The highest BCUT2D eigenvalue weighted by Gasteiger charge is 2.35. The standard InChI is InChI=1S/C16H10Cl2N2O3S/c1-8-2-4-10(23-8)7-11-14(21)19-16(24)20(15(11)22)13-5-3-9(17)6-12(13)18/h2-7H,1H3,(H,19,21,24)/b11-7+. The summed E-state index contributed by atoms with van der Waals surface area (Å²) in [5, 5.41) is 3.08. The number of carbonyl (C=O) groups is 2. The van der Waals surface area contributed by atoms with Gasteiger partial charge in [-0.15, -0.1) is 0 Å². The first-order chi connectivity index (χ1) is 11.4. The molecule has 2 aromatic rings. The molecule has 2 heterocycles. The summed E-state index contributed by atoms with van der Waals surface area (Å²) in [5.41, 5.74) is 0.224. The van der Waals surface area contributed by atoms with E-state index in [9.17, 15) is 9.59 Å². The van der Waals surface area contributed by atoms with E-state index in [1.54, 1.807) is 31.2 Å². The van der Waals surface area contributed by atoms with Crippen LogP contribution in [0.1, 0.15) is 11.5 Å². The van der Waals surface area contributed by atoms with Gasteiger partial charge in [-0.3, -0.25) is 19.8 Å². The Bertz CT molecular complexity index is 904. The first-order valence-electron chi connectivity index (χ1n) is 6.80. The molecule has 3 rings (SSSR count). The third kappa shape index (κ3) is 3.08. The molecule has 1 N–H and O–H groups in total. The van der Waals surface area contributed by atoms with E-state index in [0.717, 1.165) is 4.90 Å². The second-order valence-corrected chi connectivity index (χ2v) is 6.23. The topological polar surface area (TPSA) is 62.6 Å². The van der Waals surface area contributed by atoms with Gasteiger partial charge in [-0.05, 0) is 55.5 Å². The van der Waals surface area contributed by atoms with Gasteiger partial charge in [0.25, 0.3) is 11.8 Å². The fourth-order valence-electron chi connectivity index (χ4n) is 2.21. The zero-order valence-corrected chi connectivity index (χ0v) is 14.6. The van der Waals surface area contributed by atoms with Crippen LogP contribution in [0.4, 0.5) is 5.69 Å². The molecule has 1 fully saturated rings. The predicted octanol–water partition coefficient (Wildman–Crippen LogP) is 3.73. The zero-order chi connectivity index (χ0) is 17.4. The molecule has 0 saturated carbocycles. The molecule has 1 aromatic heterocycles. The van der Waals surface area contributed by atoms with Crippen LogP contribution in [0, 0.1) is 6.92 Å². The second-order valence-electron chi connectivity index (χ2n) is 5.00. The third-order valence-corrected chi connectivity index (χ3v) is 4.12. The maximum Gasteiger partial charge on any atom is 0.270 e. The van der Waals surface area contributed by atoms with Crippen LogP contribution in [-0.2, 0) is 9.59 Å². The molecule has 0 radical (unpaired) electrons. The van der Waals surface area contributed by atoms with Crippen molar-refractivity contribution in [1.82, 2.24) is 5.32 Å². The molecule has 1 saturated heterocycles. The van der Waals surface area contributed by atoms with Crippen LogP contribution < -0.4 is 10.2 Å². The van der Waals surface area contributed by atoms with E-state index in [1.165, 1.54) is 12.1 Å². The SMILES string of the molecule is Cc1ccc(/C=C2\C(=O)NC(=S)N(c3ccc(Cl)cc3Cl)C2=O)o1. The van der Waals surface area contributed by atoms with E-state index in [0.29, 0.717) is 22.2 Å². The second kappa shape index (κ2) is 6.39. The maximum absolute atomic E-state index is 12.8. The van der Waals surface area contributed by atoms with Crippen LogP contribution in [0.5, 0.6) is 0 Å². The minimum absolute atomic E-state index is 0.0537. The summed E-state index contributed by atoms with van der Waals surface area (Å²) in [4.78, 5) is 26.1. The van der Waals surface area contributed by atoms with Crippen molar-refractivity contribution in [3.8, 4) is 0 Å². The molecular formula is C16H10Cl2N2O3S. The normalized spacial score (nSPS) is 16.7. The average Bonchev–Trinajstić information content (AvgIpc) is 2.91. The highest BCUT2D eigenvalue weighted by atomic mass is 35.5. The monoisotopic (exact) mass is 380 g/mol. The summed E-state index contributed by atoms with van der Waals surface area (Å²) in [5.74, 6) is -0.137. The first kappa shape index (κ1) is 16.7. The van der Waals surface area contributed by atoms with Gasteiger partial charge in [0.05, 0.1) is 10.7 Å². The van der Waals surface area contributed by atoms with Gasteiger partial charge >= 0.3 is 0 Å². The number of hydrogen-bond donors (Lipinski definition) is 1. The summed E-state index contributed by atoms with van der Waals surface area (Å²) in [6.45, 7) is 1.76. The van der Waals surface area contributed by atoms with Crippen LogP contribution in [0.2, 0.25) is 10.0 Å². The van der Waals surface area contributed by atoms with Gasteiger partial charge in [-0.25, -0.2) is 0 Å². The van der Waals surface area contributed by atoms with Gasteiger partial charge in [-0.1, -0.05) is 23.2 Å². The Balaban J connectivity index is 2.04. The molecule has 5 nitrogen and oxygen atoms in total. The molecule has 24 heavy (non-hydrogen) atoms. The summed E-state index contributed by atoms with van der Waals surface area (Å²) < 4.78 is 5.39. The molecule has 0 bridgehead atoms. The van der Waals surface area contributed by atoms with E-state index < -0.39 is 11.8 Å². The Morgan fingerprint density at radius 1 is 1.21 bits per heavy atom. The molecule has 0 aliphatic carbocycles. The zero-order valence-electron chi connectivity index (χ0n) is 12.3. The molecule has 0 spiro atoms. The summed E-state index contributed by atoms with van der Waals surface area (Å²) in [6.07, 6.45) is 1.36. The van der Waals surface area contributed by atoms with E-state index in [4.69, 9.17) is 39.8 Å². The van der Waals surface area contributed by atoms with Crippen molar-refractivity contribution < 1.29 is 14.0 Å². The van der Waals surface area contributed by atoms with Crippen LogP contribution in [0.3, 0.4) is 0 Å². The minimum atomic E-state index is -0.597. The summed E-state index contributed by atoms with van der Waals surface area (Å²) in [7, 11) is 0. The number of aryl methyl sites for hydroxylation is 1. The van der Waals surface area contributed by atoms with Gasteiger partial charge in [0.2, 0.25) is 0 Å². The molecule has 1 aliphatic heterocycles. The van der Waals surface area contributed by atoms with Crippen LogP contribution in [0.25, 0.3) is 6.08 Å². The fraction of sp³-hybridized carbons (Fsp3) is 0.0625. The van der Waals surface area contributed by atoms with Crippen LogP contribution in [-0.4, -0.2) is 16.9 Å². The van der Waals surface area contributed by atoms with Gasteiger partial charge < -0.3 is 4.42 Å². The number of thiocarbonyl (C=S) groups is 1. The number of hydrogen-bond acceptors (Lipinski definition) is 4. The van der Waals surface area contributed by atoms with E-state index in [-0.39, 0.29) is 15.7 Å². The number of benzene rings is 1. The molecule has 1 aliphatic rings. The Morgan fingerprint density at radius 3 is 2.58 bits per heavy atom. The Kier molecular flexibility index (Phi) is 4.45. The van der Waals surface area contributed by atoms with Crippen LogP contribution >= 0.6 is 35.4 Å². The number of nitrogens with zero attached hydrogens (tertiary/aromatic N) is 1. The lowest BCUT2D eigenvalue weighted by Gasteiger charge is -2.29. The highest BCUT2D eigenvalue weighted by molar-refractivity contribution is 7.80. The molecule has 0 atom stereocenters. The average molecular weight is 381 g/mol. The van der Waals surface area contributed by atoms with Gasteiger partial charge in [-0.2, -0.15) is 0 Å². The molecule has 1 aromatic carbocycles. The van der Waals surface area contributed by atoms with E-state index >= 15 is 0 Å². The number of anilines is 1. The lowest BCUT2D eigenvalue weighted by molar-refractivity contribution is -0.122. The lowest BCUT2D eigenvalue weighted by Crippen LogP contribution is -2.54. The van der Waals surface area contributed by atoms with Gasteiger partial charge in [0, 0.05) is 5.02 Å². The van der Waals surface area contributed by atoms with Crippen LogP contribution in [0.15, 0.2) is 40.3 Å². The number of halogens is 2. The van der Waals surface area contributed by atoms with Gasteiger partial charge in [0.15, 0.2) is 5.11 Å². The summed E-state index contributed by atoms with van der Waals surface area (Å²) >= 11 is 17.1. The van der Waals surface area contributed by atoms with Crippen molar-refractivity contribution in [3.05, 3.63) is 57.5 Å². The first-order valence-corrected chi connectivity index (χ1v) is 7.96. The molecule has 2 amide bonds. The molecule has 8 heteroatoms. The van der Waals surface area contributed by atoms with Gasteiger partial charge in [0.1, 0.15) is 17.1 Å². The fourth-order valence-corrected chi connectivity index (χ4v) is 2.98. The maximum atomic E-state index is 12.8. The Hall–Kier alpha value is -2.15.